The number of hydrogen-bond acceptors (Lipinski definition) is 2. The quantitative estimate of drug-likeness (QED) is 0.534. The largest absolute Gasteiger partial charge is 0.390 e. The predicted molar refractivity (Wildman–Crippen MR) is 58.0 cm³/mol. The van der Waals surface area contributed by atoms with Crippen molar-refractivity contribution in [1.29, 1.82) is 0 Å². The van der Waals surface area contributed by atoms with Gasteiger partial charge in [-0.2, -0.15) is 0 Å². The Morgan fingerprint density at radius 1 is 1.15 bits per heavy atom. The van der Waals surface area contributed by atoms with Crippen LogP contribution in [-0.2, 0) is 0 Å². The highest BCUT2D eigenvalue weighted by Crippen LogP contribution is 2.03. The first-order valence-corrected chi connectivity index (χ1v) is 8.23. The maximum Gasteiger partial charge on any atom is 0.129 e. The van der Waals surface area contributed by atoms with Crippen molar-refractivity contribution in [1.82, 2.24) is 0 Å². The van der Waals surface area contributed by atoms with Gasteiger partial charge in [0, 0.05) is 6.42 Å². The second kappa shape index (κ2) is 5.43. The molecule has 0 aromatic rings. The third-order valence-corrected chi connectivity index (χ3v) is 2.56. The maximum atomic E-state index is 9.38. The molecular formula is C10H20O2Si. The van der Waals surface area contributed by atoms with E-state index in [9.17, 15) is 10.2 Å². The minimum atomic E-state index is -1.32. The molecule has 0 radical (unpaired) electrons. The molecule has 3 heteroatoms. The summed E-state index contributed by atoms with van der Waals surface area (Å²) in [5.74, 6) is 2.94. The first kappa shape index (κ1) is 12.7. The summed E-state index contributed by atoms with van der Waals surface area (Å²) < 4.78 is 0. The molecule has 0 aliphatic carbocycles. The molecule has 0 bridgehead atoms. The normalized spacial score (nSPS) is 15.8. The standard InChI is InChI=1S/C10H20O2Si/c1-5-9(11)10(12)7-6-8-13(2,3)4/h9-12H,5,7H2,1-4H3/t9-,10-/m0/s1. The summed E-state index contributed by atoms with van der Waals surface area (Å²) in [7, 11) is -1.32. The van der Waals surface area contributed by atoms with Crippen LogP contribution in [0.15, 0.2) is 0 Å². The second-order valence-electron chi connectivity index (χ2n) is 4.30. The van der Waals surface area contributed by atoms with Crippen LogP contribution in [0, 0.1) is 11.5 Å². The summed E-state index contributed by atoms with van der Waals surface area (Å²) >= 11 is 0. The zero-order valence-corrected chi connectivity index (χ0v) is 9.96. The molecule has 2 nitrogen and oxygen atoms in total. The van der Waals surface area contributed by atoms with Crippen LogP contribution >= 0.6 is 0 Å². The first-order valence-electron chi connectivity index (χ1n) is 4.73. The molecular weight excluding hydrogens is 180 g/mol. The molecule has 0 aromatic heterocycles. The van der Waals surface area contributed by atoms with Gasteiger partial charge in [0.05, 0.1) is 12.2 Å². The average molecular weight is 200 g/mol. The fraction of sp³-hybridized carbons (Fsp3) is 0.800. The summed E-state index contributed by atoms with van der Waals surface area (Å²) in [4.78, 5) is 0. The van der Waals surface area contributed by atoms with Crippen LogP contribution < -0.4 is 0 Å². The highest BCUT2D eigenvalue weighted by Gasteiger charge is 2.13. The highest BCUT2D eigenvalue weighted by molar-refractivity contribution is 6.83. The predicted octanol–water partition coefficient (Wildman–Crippen LogP) is 1.39. The van der Waals surface area contributed by atoms with E-state index in [1.165, 1.54) is 0 Å². The van der Waals surface area contributed by atoms with Gasteiger partial charge in [-0.25, -0.2) is 0 Å². The smallest absolute Gasteiger partial charge is 0.129 e. The van der Waals surface area contributed by atoms with Crippen LogP contribution in [0.25, 0.3) is 0 Å². The highest BCUT2D eigenvalue weighted by atomic mass is 28.3. The van der Waals surface area contributed by atoms with Crippen molar-refractivity contribution in [2.45, 2.75) is 51.6 Å². The van der Waals surface area contributed by atoms with Gasteiger partial charge in [-0.3, -0.25) is 0 Å². The Balaban J connectivity index is 3.93. The molecule has 0 heterocycles. The Kier molecular flexibility index (Phi) is 5.31. The lowest BCUT2D eigenvalue weighted by molar-refractivity contribution is 0.0210. The fourth-order valence-electron chi connectivity index (χ4n) is 0.829. The van der Waals surface area contributed by atoms with Crippen molar-refractivity contribution in [2.24, 2.45) is 0 Å². The molecule has 0 saturated carbocycles. The van der Waals surface area contributed by atoms with E-state index in [4.69, 9.17) is 0 Å². The molecule has 2 atom stereocenters. The van der Waals surface area contributed by atoms with Gasteiger partial charge < -0.3 is 10.2 Å². The Bertz CT molecular complexity index is 197. The van der Waals surface area contributed by atoms with Gasteiger partial charge in [-0.15, -0.1) is 11.5 Å². The molecule has 0 rings (SSSR count). The van der Waals surface area contributed by atoms with Crippen molar-refractivity contribution >= 4 is 8.07 Å². The van der Waals surface area contributed by atoms with Crippen LogP contribution in [0.1, 0.15) is 19.8 Å². The lowest BCUT2D eigenvalue weighted by Crippen LogP contribution is -2.24. The summed E-state index contributed by atoms with van der Waals surface area (Å²) in [6, 6.07) is 0. The van der Waals surface area contributed by atoms with E-state index in [1.54, 1.807) is 0 Å². The van der Waals surface area contributed by atoms with Crippen LogP contribution in [0.2, 0.25) is 19.6 Å². The van der Waals surface area contributed by atoms with Crippen molar-refractivity contribution in [3.8, 4) is 11.5 Å². The van der Waals surface area contributed by atoms with Gasteiger partial charge in [-0.1, -0.05) is 26.6 Å². The van der Waals surface area contributed by atoms with Crippen LogP contribution in [0.4, 0.5) is 0 Å². The van der Waals surface area contributed by atoms with E-state index in [1.807, 2.05) is 6.92 Å². The van der Waals surface area contributed by atoms with E-state index in [2.05, 4.69) is 31.1 Å². The molecule has 0 fully saturated rings. The van der Waals surface area contributed by atoms with Crippen molar-refractivity contribution < 1.29 is 10.2 Å². The molecule has 13 heavy (non-hydrogen) atoms. The Morgan fingerprint density at radius 3 is 2.08 bits per heavy atom. The molecule has 0 aromatic carbocycles. The summed E-state index contributed by atoms with van der Waals surface area (Å²) in [6.45, 7) is 8.31. The molecule has 76 valence electrons. The van der Waals surface area contributed by atoms with Crippen LogP contribution in [-0.4, -0.2) is 30.5 Å². The Hall–Kier alpha value is -0.303. The van der Waals surface area contributed by atoms with Gasteiger partial charge >= 0.3 is 0 Å². The maximum absolute atomic E-state index is 9.38. The van der Waals surface area contributed by atoms with Crippen molar-refractivity contribution in [3.63, 3.8) is 0 Å². The molecule has 0 amide bonds. The SMILES string of the molecule is CC[C@H](O)[C@@H](O)CC#C[Si](C)(C)C. The van der Waals surface area contributed by atoms with Gasteiger partial charge in [0.1, 0.15) is 8.07 Å². The molecule has 0 spiro atoms. The molecule has 0 saturated heterocycles. The molecule has 0 aliphatic heterocycles. The Labute approximate surface area is 82.0 Å². The van der Waals surface area contributed by atoms with E-state index >= 15 is 0 Å². The lowest BCUT2D eigenvalue weighted by Gasteiger charge is -2.13. The Morgan fingerprint density at radius 2 is 1.69 bits per heavy atom. The van der Waals surface area contributed by atoms with Crippen LogP contribution in [0.3, 0.4) is 0 Å². The van der Waals surface area contributed by atoms with E-state index in [0.717, 1.165) is 0 Å². The van der Waals surface area contributed by atoms with Gasteiger partial charge in [0.15, 0.2) is 0 Å². The molecule has 2 N–H and O–H groups in total. The number of aliphatic hydroxyl groups is 2. The second-order valence-corrected chi connectivity index (χ2v) is 9.05. The summed E-state index contributed by atoms with van der Waals surface area (Å²) in [5.41, 5.74) is 3.15. The number of aliphatic hydroxyl groups excluding tert-OH is 2. The minimum Gasteiger partial charge on any atom is -0.390 e. The van der Waals surface area contributed by atoms with Gasteiger partial charge in [0.25, 0.3) is 0 Å². The molecule has 0 aliphatic rings. The number of rotatable bonds is 3. The van der Waals surface area contributed by atoms with Gasteiger partial charge in [0.2, 0.25) is 0 Å². The number of hydrogen-bond donors (Lipinski definition) is 2. The van der Waals surface area contributed by atoms with Gasteiger partial charge in [-0.05, 0) is 6.42 Å². The van der Waals surface area contributed by atoms with E-state index < -0.39 is 20.3 Å². The van der Waals surface area contributed by atoms with Crippen LogP contribution in [0.5, 0.6) is 0 Å². The lowest BCUT2D eigenvalue weighted by atomic mass is 10.1. The van der Waals surface area contributed by atoms with Crippen molar-refractivity contribution in [2.75, 3.05) is 0 Å². The monoisotopic (exact) mass is 200 g/mol. The van der Waals surface area contributed by atoms with E-state index in [-0.39, 0.29) is 0 Å². The fourth-order valence-corrected chi connectivity index (χ4v) is 1.46. The zero-order valence-electron chi connectivity index (χ0n) is 8.96. The topological polar surface area (TPSA) is 40.5 Å². The average Bonchev–Trinajstić information content (AvgIpc) is 2.00. The zero-order chi connectivity index (χ0) is 10.5. The third-order valence-electron chi connectivity index (χ3n) is 1.64. The minimum absolute atomic E-state index is 0.388. The van der Waals surface area contributed by atoms with E-state index in [0.29, 0.717) is 12.8 Å². The third kappa shape index (κ3) is 6.82. The first-order chi connectivity index (χ1) is 5.87. The summed E-state index contributed by atoms with van der Waals surface area (Å²) in [6.07, 6.45) is -0.348. The molecule has 0 unspecified atom stereocenters. The van der Waals surface area contributed by atoms with Crippen molar-refractivity contribution in [3.05, 3.63) is 0 Å². The summed E-state index contributed by atoms with van der Waals surface area (Å²) in [5, 5.41) is 18.6.